The SMILES string of the molecule is [B]OC(=O)CCO/N=C(\C(=O)N[C@@H]1C(=O)N2C=C(C[N+]3(C)CC[C@@H](NC(=O)c4cc(Cl)c(OCc5ccc(OC)cc5)c(OCc5ccc(OC)cc5)c4)C[C@H]3CC)CS[C@H]12)c1csc(NC(=O)OC(C)(C)C)n1. The lowest BCUT2D eigenvalue weighted by molar-refractivity contribution is -0.934. The highest BCUT2D eigenvalue weighted by molar-refractivity contribution is 8.00. The van der Waals surface area contributed by atoms with E-state index < -0.39 is 29.6 Å². The minimum absolute atomic E-state index is 0.0546. The molecule has 74 heavy (non-hydrogen) atoms. The summed E-state index contributed by atoms with van der Waals surface area (Å²) in [7, 11) is 10.3. The highest BCUT2D eigenvalue weighted by Gasteiger charge is 2.51. The summed E-state index contributed by atoms with van der Waals surface area (Å²) >= 11 is 9.44. The molecule has 1 unspecified atom stereocenters. The number of thioether (sulfide) groups is 1. The number of benzene rings is 3. The smallest absolute Gasteiger partial charge is 0.413 e. The van der Waals surface area contributed by atoms with Crippen molar-refractivity contribution in [2.75, 3.05) is 52.0 Å². The zero-order valence-corrected chi connectivity index (χ0v) is 44.7. The molecule has 19 nitrogen and oxygen atoms in total. The number of piperidine rings is 1. The van der Waals surface area contributed by atoms with E-state index in [1.165, 1.54) is 5.38 Å². The Morgan fingerprint density at radius 2 is 1.65 bits per heavy atom. The summed E-state index contributed by atoms with van der Waals surface area (Å²) in [6.45, 7) is 8.91. The fourth-order valence-electron chi connectivity index (χ4n) is 8.71. The Balaban J connectivity index is 0.970. The van der Waals surface area contributed by atoms with Gasteiger partial charge in [-0.3, -0.25) is 24.5 Å². The molecule has 0 aliphatic carbocycles. The van der Waals surface area contributed by atoms with Gasteiger partial charge in [-0.25, -0.2) is 9.78 Å². The van der Waals surface area contributed by atoms with E-state index in [0.717, 1.165) is 69.8 Å². The van der Waals surface area contributed by atoms with Crippen molar-refractivity contribution in [1.82, 2.24) is 20.5 Å². The largest absolute Gasteiger partial charge is 0.543 e. The number of rotatable bonds is 21. The standard InChI is InChI=1S/C51H59BClN7O12S2/c1-8-35-23-34(54-45(62)33-21-38(53)44(69-27-31-11-15-37(67-7)16-12-31)40(22-33)68-26-30-9-13-36(66-6)14-10-30)17-19-60(35,5)25-32-24-59-47(64)43(48(59)73-28-32)56-46(63)42(58-70-20-18-41(61)72-52)39-29-74-49(55-39)57-50(65)71-51(2,3)4/h9-16,21-22,24,29,34-35,43,48H,8,17-20,23,25-28H2,1-7H3,(H2-,54,55,56,57,62,63,65)/p+1/b58-42-/t34-,35-,43-,48-,60?/m1/s1. The number of amides is 4. The number of β-lactam (4-membered cyclic amide) rings is 1. The molecular weight excluding hydrogens is 1010 g/mol. The van der Waals surface area contributed by atoms with Crippen molar-refractivity contribution in [3.63, 3.8) is 0 Å². The third-order valence-electron chi connectivity index (χ3n) is 12.5. The molecule has 4 amide bonds. The van der Waals surface area contributed by atoms with Gasteiger partial charge in [-0.2, -0.15) is 0 Å². The molecule has 0 bridgehead atoms. The summed E-state index contributed by atoms with van der Waals surface area (Å²) in [4.78, 5) is 76.6. The van der Waals surface area contributed by atoms with Crippen molar-refractivity contribution >= 4 is 83.4 Å². The molecule has 23 heteroatoms. The van der Waals surface area contributed by atoms with Gasteiger partial charge in [0.2, 0.25) is 0 Å². The van der Waals surface area contributed by atoms with Gasteiger partial charge in [0.25, 0.3) is 23.7 Å². The Bertz CT molecular complexity index is 2740. The Labute approximate surface area is 444 Å². The highest BCUT2D eigenvalue weighted by atomic mass is 35.5. The van der Waals surface area contributed by atoms with Crippen LogP contribution in [0.1, 0.15) is 80.6 Å². The molecule has 3 aromatic carbocycles. The maximum atomic E-state index is 14.0. The highest BCUT2D eigenvalue weighted by Crippen LogP contribution is 2.40. The molecule has 4 heterocycles. The second-order valence-electron chi connectivity index (χ2n) is 19.0. The number of thiazole rings is 1. The number of halogens is 1. The van der Waals surface area contributed by atoms with Gasteiger partial charge in [0.1, 0.15) is 60.6 Å². The number of anilines is 1. The van der Waals surface area contributed by atoms with Crippen molar-refractivity contribution in [3.05, 3.63) is 105 Å². The fourth-order valence-corrected chi connectivity index (χ4v) is 10.9. The molecule has 7 rings (SSSR count). The number of aromatic nitrogens is 1. The molecule has 5 atom stereocenters. The van der Waals surface area contributed by atoms with E-state index in [1.807, 2.05) is 54.7 Å². The van der Waals surface area contributed by atoms with Crippen LogP contribution in [-0.4, -0.2) is 134 Å². The first-order valence-corrected chi connectivity index (χ1v) is 26.2. The van der Waals surface area contributed by atoms with Crippen LogP contribution >= 0.6 is 34.7 Å². The van der Waals surface area contributed by atoms with Gasteiger partial charge < -0.3 is 53.2 Å². The van der Waals surface area contributed by atoms with Gasteiger partial charge in [0.15, 0.2) is 22.3 Å². The number of quaternary nitrogens is 1. The summed E-state index contributed by atoms with van der Waals surface area (Å²) in [5.41, 5.74) is 2.22. The molecule has 1 aromatic heterocycles. The number of likely N-dealkylation sites (tertiary alicyclic amines) is 1. The quantitative estimate of drug-likeness (QED) is 0.0189. The maximum Gasteiger partial charge on any atom is 0.413 e. The minimum atomic E-state index is -0.873. The van der Waals surface area contributed by atoms with E-state index in [2.05, 4.69) is 44.7 Å². The number of ether oxygens (including phenoxy) is 5. The van der Waals surface area contributed by atoms with E-state index in [0.29, 0.717) is 29.4 Å². The van der Waals surface area contributed by atoms with Gasteiger partial charge in [0, 0.05) is 47.4 Å². The van der Waals surface area contributed by atoms with Gasteiger partial charge in [-0.1, -0.05) is 47.9 Å². The second-order valence-corrected chi connectivity index (χ2v) is 21.4. The van der Waals surface area contributed by atoms with Gasteiger partial charge in [0.05, 0.1) is 45.3 Å². The Hall–Kier alpha value is -6.49. The fraction of sp³-hybridized carbons (Fsp3) is 0.431. The van der Waals surface area contributed by atoms with Crippen LogP contribution in [0.25, 0.3) is 0 Å². The number of oxime groups is 1. The van der Waals surface area contributed by atoms with Crippen molar-refractivity contribution in [2.24, 2.45) is 5.16 Å². The summed E-state index contributed by atoms with van der Waals surface area (Å²) in [6, 6.07) is 17.5. The second kappa shape index (κ2) is 24.7. The van der Waals surface area contributed by atoms with Crippen LogP contribution in [0.2, 0.25) is 5.02 Å². The van der Waals surface area contributed by atoms with Crippen molar-refractivity contribution in [1.29, 1.82) is 0 Å². The average molecular weight is 1070 g/mol. The zero-order valence-electron chi connectivity index (χ0n) is 42.3. The van der Waals surface area contributed by atoms with Crippen LogP contribution in [-0.2, 0) is 41.8 Å². The maximum absolute atomic E-state index is 14.0. The number of hydrogen-bond acceptors (Lipinski definition) is 16. The van der Waals surface area contributed by atoms with Gasteiger partial charge >= 0.3 is 14.1 Å². The molecule has 3 N–H and O–H groups in total. The van der Waals surface area contributed by atoms with E-state index in [1.54, 1.807) is 63.8 Å². The molecule has 3 aliphatic rings. The zero-order chi connectivity index (χ0) is 53.2. The monoisotopic (exact) mass is 1070 g/mol. The lowest BCUT2D eigenvalue weighted by Gasteiger charge is -2.50. The molecule has 2 saturated heterocycles. The Morgan fingerprint density at radius 1 is 0.973 bits per heavy atom. The number of hydrogen-bond donors (Lipinski definition) is 3. The third kappa shape index (κ3) is 14.2. The minimum Gasteiger partial charge on any atom is -0.543 e. The van der Waals surface area contributed by atoms with Crippen molar-refractivity contribution < 1.29 is 61.6 Å². The number of fused-ring (bicyclic) bond motifs is 1. The molecule has 2 radical (unpaired) electrons. The number of nitrogens with zero attached hydrogens (tertiary/aromatic N) is 4. The van der Waals surface area contributed by atoms with Crippen LogP contribution in [0.5, 0.6) is 23.0 Å². The predicted octanol–water partition coefficient (Wildman–Crippen LogP) is 7.16. The summed E-state index contributed by atoms with van der Waals surface area (Å²) in [5, 5.41) is 14.0. The molecule has 2 fully saturated rings. The lowest BCUT2D eigenvalue weighted by atomic mass is 9.91. The van der Waals surface area contributed by atoms with E-state index in [9.17, 15) is 24.0 Å². The molecule has 392 valence electrons. The van der Waals surface area contributed by atoms with Crippen LogP contribution < -0.4 is 34.9 Å². The first-order valence-electron chi connectivity index (χ1n) is 23.9. The number of carbonyl (C=O) groups excluding carboxylic acids is 5. The topological polar surface area (TPSA) is 215 Å². The average Bonchev–Trinajstić information content (AvgIpc) is 3.84. The molecular formula is C51H60BClN7O12S2+. The van der Waals surface area contributed by atoms with Crippen molar-refractivity contribution in [2.45, 2.75) is 95.7 Å². The Kier molecular flexibility index (Phi) is 18.4. The third-order valence-corrected chi connectivity index (χ3v) is 15.0. The summed E-state index contributed by atoms with van der Waals surface area (Å²) < 4.78 is 33.3. The van der Waals surface area contributed by atoms with E-state index in [4.69, 9.17) is 48.2 Å². The molecule has 3 aliphatic heterocycles. The molecule has 0 spiro atoms. The summed E-state index contributed by atoms with van der Waals surface area (Å²) in [5.74, 6) is 0.645. The van der Waals surface area contributed by atoms with Crippen molar-refractivity contribution in [3.8, 4) is 23.0 Å². The first kappa shape index (κ1) is 55.3. The van der Waals surface area contributed by atoms with Crippen LogP contribution in [0.3, 0.4) is 0 Å². The number of carbonyl (C=O) groups is 5. The molecule has 0 saturated carbocycles. The number of nitrogens with one attached hydrogen (secondary N) is 3. The van der Waals surface area contributed by atoms with Gasteiger partial charge in [-0.15, -0.1) is 23.1 Å². The van der Waals surface area contributed by atoms with E-state index >= 15 is 0 Å². The Morgan fingerprint density at radius 3 is 2.28 bits per heavy atom. The predicted molar refractivity (Wildman–Crippen MR) is 281 cm³/mol. The normalized spacial score (nSPS) is 20.4. The molecule has 4 aromatic rings. The van der Waals surface area contributed by atoms with Crippen LogP contribution in [0.15, 0.2) is 83.0 Å². The number of likely N-dealkylation sites (N-methyl/N-ethyl adjacent to an activating group) is 1. The summed E-state index contributed by atoms with van der Waals surface area (Å²) in [6.07, 6.45) is 3.23. The lowest BCUT2D eigenvalue weighted by Crippen LogP contribution is -2.69. The first-order chi connectivity index (χ1) is 35.4. The van der Waals surface area contributed by atoms with Gasteiger partial charge in [-0.05, 0) is 74.7 Å². The van der Waals surface area contributed by atoms with E-state index in [-0.39, 0.29) is 77.1 Å². The van der Waals surface area contributed by atoms with Crippen LogP contribution in [0, 0.1) is 0 Å². The number of methoxy groups -OCH3 is 2. The van der Waals surface area contributed by atoms with Crippen LogP contribution in [0.4, 0.5) is 9.93 Å².